The van der Waals surface area contributed by atoms with E-state index in [0.717, 1.165) is 11.3 Å². The van der Waals surface area contributed by atoms with E-state index in [4.69, 9.17) is 16.3 Å². The number of nitrogens with zero attached hydrogens (tertiary/aromatic N) is 1. The zero-order chi connectivity index (χ0) is 16.9. The minimum Gasteiger partial charge on any atom is -0.467 e. The zero-order valence-corrected chi connectivity index (χ0v) is 14.1. The molecular weight excluding hydrogens is 310 g/mol. The van der Waals surface area contributed by atoms with Crippen molar-refractivity contribution in [3.63, 3.8) is 0 Å². The quantitative estimate of drug-likeness (QED) is 0.580. The third-order valence-corrected chi connectivity index (χ3v) is 4.25. The van der Waals surface area contributed by atoms with Gasteiger partial charge in [-0.1, -0.05) is 48.0 Å². The smallest absolute Gasteiger partial charge is 0.336 e. The molecule has 1 atom stereocenters. The molecule has 0 radical (unpaired) electrons. The van der Waals surface area contributed by atoms with Crippen molar-refractivity contribution in [1.29, 1.82) is 0 Å². The molecule has 0 aliphatic heterocycles. The maximum Gasteiger partial charge on any atom is 0.336 e. The molecule has 2 aromatic carbocycles. The fraction of sp³-hybridized carbons (Fsp3) is 0.211. The first-order chi connectivity index (χ1) is 11.1. The lowest BCUT2D eigenvalue weighted by Gasteiger charge is -2.40. The van der Waals surface area contributed by atoms with Crippen LogP contribution in [0.1, 0.15) is 12.0 Å². The molecule has 120 valence electrons. The zero-order valence-electron chi connectivity index (χ0n) is 13.3. The lowest BCUT2D eigenvalue weighted by atomic mass is 9.84. The van der Waals surface area contributed by atoms with Crippen LogP contribution in [0.4, 0.5) is 5.69 Å². The normalized spacial score (nSPS) is 13.0. The summed E-state index contributed by atoms with van der Waals surface area (Å²) in [5, 5.41) is 0.619. The number of hydrogen-bond acceptors (Lipinski definition) is 3. The Morgan fingerprint density at radius 1 is 1.22 bits per heavy atom. The Morgan fingerprint density at radius 3 is 2.35 bits per heavy atom. The summed E-state index contributed by atoms with van der Waals surface area (Å²) in [6, 6.07) is 17.0. The number of para-hydroxylation sites is 1. The Morgan fingerprint density at radius 2 is 1.83 bits per heavy atom. The summed E-state index contributed by atoms with van der Waals surface area (Å²) in [6.07, 6.45) is 2.14. The van der Waals surface area contributed by atoms with Gasteiger partial charge in [0.05, 0.1) is 7.11 Å². The topological polar surface area (TPSA) is 29.5 Å². The number of esters is 1. The van der Waals surface area contributed by atoms with Crippen LogP contribution >= 0.6 is 11.6 Å². The standard InChI is InChI=1S/C19H20ClNO2/c1-4-14-19(18(22)23-3,15-10-12-16(20)13-11-15)21(2)17-8-6-5-7-9-17/h4-13H,1,14H2,2-3H3. The van der Waals surface area contributed by atoms with Crippen molar-refractivity contribution >= 4 is 23.3 Å². The predicted octanol–water partition coefficient (Wildman–Crippen LogP) is 4.42. The molecule has 0 heterocycles. The average Bonchev–Trinajstić information content (AvgIpc) is 2.60. The summed E-state index contributed by atoms with van der Waals surface area (Å²) in [7, 11) is 3.28. The van der Waals surface area contributed by atoms with Gasteiger partial charge >= 0.3 is 5.97 Å². The van der Waals surface area contributed by atoms with Gasteiger partial charge < -0.3 is 9.64 Å². The molecule has 0 amide bonds. The van der Waals surface area contributed by atoms with Gasteiger partial charge in [0.1, 0.15) is 0 Å². The number of anilines is 1. The van der Waals surface area contributed by atoms with Crippen LogP contribution in [-0.2, 0) is 15.1 Å². The van der Waals surface area contributed by atoms with Gasteiger partial charge in [-0.15, -0.1) is 6.58 Å². The third-order valence-electron chi connectivity index (χ3n) is 4.00. The summed E-state index contributed by atoms with van der Waals surface area (Å²) < 4.78 is 5.13. The molecule has 0 bridgehead atoms. The molecule has 2 aromatic rings. The summed E-state index contributed by atoms with van der Waals surface area (Å²) in [6.45, 7) is 3.82. The van der Waals surface area contributed by atoms with Gasteiger partial charge in [0.25, 0.3) is 0 Å². The van der Waals surface area contributed by atoms with Crippen molar-refractivity contribution in [2.24, 2.45) is 0 Å². The van der Waals surface area contributed by atoms with E-state index in [1.807, 2.05) is 54.4 Å². The fourth-order valence-electron chi connectivity index (χ4n) is 2.76. The van der Waals surface area contributed by atoms with Gasteiger partial charge in [-0.3, -0.25) is 0 Å². The summed E-state index contributed by atoms with van der Waals surface area (Å²) in [4.78, 5) is 14.7. The number of ether oxygens (including phenoxy) is 1. The maximum atomic E-state index is 12.8. The summed E-state index contributed by atoms with van der Waals surface area (Å²) in [5.74, 6) is -0.342. The van der Waals surface area contributed by atoms with Gasteiger partial charge in [-0.25, -0.2) is 4.79 Å². The van der Waals surface area contributed by atoms with E-state index in [1.165, 1.54) is 7.11 Å². The Balaban J connectivity index is 2.64. The van der Waals surface area contributed by atoms with E-state index in [1.54, 1.807) is 18.2 Å². The van der Waals surface area contributed by atoms with Crippen LogP contribution in [0.2, 0.25) is 5.02 Å². The Hall–Kier alpha value is -2.26. The fourth-order valence-corrected chi connectivity index (χ4v) is 2.89. The Bertz CT molecular complexity index is 670. The minimum absolute atomic E-state index is 0.342. The van der Waals surface area contributed by atoms with Crippen LogP contribution in [0, 0.1) is 0 Å². The molecular formula is C19H20ClNO2. The second-order valence-electron chi connectivity index (χ2n) is 5.25. The van der Waals surface area contributed by atoms with Gasteiger partial charge in [-0.05, 0) is 29.8 Å². The number of rotatable bonds is 6. The number of likely N-dealkylation sites (N-methyl/N-ethyl adjacent to an activating group) is 1. The molecule has 0 aliphatic rings. The maximum absolute atomic E-state index is 12.8. The number of benzene rings is 2. The molecule has 0 spiro atoms. The molecule has 0 saturated heterocycles. The predicted molar refractivity (Wildman–Crippen MR) is 94.8 cm³/mol. The second-order valence-corrected chi connectivity index (χ2v) is 5.68. The van der Waals surface area contributed by atoms with E-state index in [2.05, 4.69) is 6.58 Å². The lowest BCUT2D eigenvalue weighted by Crippen LogP contribution is -2.51. The largest absolute Gasteiger partial charge is 0.467 e. The van der Waals surface area contributed by atoms with Crippen molar-refractivity contribution in [3.05, 3.63) is 77.8 Å². The van der Waals surface area contributed by atoms with Gasteiger partial charge in [0.15, 0.2) is 5.54 Å². The Labute approximate surface area is 142 Å². The van der Waals surface area contributed by atoms with Gasteiger partial charge in [-0.2, -0.15) is 0 Å². The van der Waals surface area contributed by atoms with E-state index in [-0.39, 0.29) is 5.97 Å². The van der Waals surface area contributed by atoms with Crippen molar-refractivity contribution in [2.75, 3.05) is 19.1 Å². The first kappa shape index (κ1) is 17.1. The molecule has 0 N–H and O–H groups in total. The van der Waals surface area contributed by atoms with Gasteiger partial charge in [0, 0.05) is 24.2 Å². The van der Waals surface area contributed by atoms with E-state index in [0.29, 0.717) is 11.4 Å². The van der Waals surface area contributed by atoms with Crippen LogP contribution in [0.15, 0.2) is 67.3 Å². The third kappa shape index (κ3) is 3.25. The van der Waals surface area contributed by atoms with E-state index >= 15 is 0 Å². The van der Waals surface area contributed by atoms with E-state index < -0.39 is 5.54 Å². The number of methoxy groups -OCH3 is 1. The van der Waals surface area contributed by atoms with Crippen LogP contribution in [0.5, 0.6) is 0 Å². The Kier molecular flexibility index (Phi) is 5.45. The van der Waals surface area contributed by atoms with Crippen molar-refractivity contribution in [2.45, 2.75) is 12.0 Å². The number of hydrogen-bond donors (Lipinski definition) is 0. The highest BCUT2D eigenvalue weighted by Crippen LogP contribution is 2.37. The van der Waals surface area contributed by atoms with Crippen LogP contribution < -0.4 is 4.90 Å². The molecule has 1 unspecified atom stereocenters. The molecule has 0 aromatic heterocycles. The average molecular weight is 330 g/mol. The number of halogens is 1. The SMILES string of the molecule is C=CCC(C(=O)OC)(c1ccc(Cl)cc1)N(C)c1ccccc1. The lowest BCUT2D eigenvalue weighted by molar-refractivity contribution is -0.147. The van der Waals surface area contributed by atoms with Crippen LogP contribution in [0.3, 0.4) is 0 Å². The van der Waals surface area contributed by atoms with E-state index in [9.17, 15) is 4.79 Å². The summed E-state index contributed by atoms with van der Waals surface area (Å²) in [5.41, 5.74) is 0.720. The molecule has 23 heavy (non-hydrogen) atoms. The monoisotopic (exact) mass is 329 g/mol. The number of carbonyl (C=O) groups is 1. The molecule has 3 nitrogen and oxygen atoms in total. The molecule has 0 aliphatic carbocycles. The highest BCUT2D eigenvalue weighted by Gasteiger charge is 2.44. The highest BCUT2D eigenvalue weighted by molar-refractivity contribution is 6.30. The molecule has 0 saturated carbocycles. The first-order valence-electron chi connectivity index (χ1n) is 7.30. The second kappa shape index (κ2) is 7.34. The number of carbonyl (C=O) groups excluding carboxylic acids is 1. The summed E-state index contributed by atoms with van der Waals surface area (Å²) >= 11 is 6.00. The van der Waals surface area contributed by atoms with Crippen LogP contribution in [0.25, 0.3) is 0 Å². The highest BCUT2D eigenvalue weighted by atomic mass is 35.5. The molecule has 2 rings (SSSR count). The van der Waals surface area contributed by atoms with Crippen molar-refractivity contribution in [3.8, 4) is 0 Å². The first-order valence-corrected chi connectivity index (χ1v) is 7.68. The van der Waals surface area contributed by atoms with Crippen molar-refractivity contribution < 1.29 is 9.53 Å². The van der Waals surface area contributed by atoms with Gasteiger partial charge in [0.2, 0.25) is 0 Å². The minimum atomic E-state index is -0.998. The molecule has 4 heteroatoms. The van der Waals surface area contributed by atoms with Crippen LogP contribution in [-0.4, -0.2) is 20.1 Å². The van der Waals surface area contributed by atoms with Crippen molar-refractivity contribution in [1.82, 2.24) is 0 Å². The molecule has 0 fully saturated rings.